The monoisotopic (exact) mass is 209 g/mol. The molecule has 0 bridgehead atoms. The highest BCUT2D eigenvalue weighted by atomic mass is 16.1. The van der Waals surface area contributed by atoms with Gasteiger partial charge < -0.3 is 5.32 Å². The zero-order valence-electron chi connectivity index (χ0n) is 9.66. The molecule has 1 aromatic rings. The molecule has 0 amide bonds. The Kier molecular flexibility index (Phi) is 4.49. The normalized spacial score (nSPS) is 12.7. The molecule has 1 N–H and O–H groups in total. The predicted molar refractivity (Wildman–Crippen MR) is 61.0 cm³/mol. The van der Waals surface area contributed by atoms with E-state index in [4.69, 9.17) is 0 Å². The summed E-state index contributed by atoms with van der Waals surface area (Å²) < 4.78 is 1.52. The number of nitrogens with zero attached hydrogens (tertiary/aromatic N) is 2. The van der Waals surface area contributed by atoms with Crippen LogP contribution in [0.1, 0.15) is 25.3 Å². The van der Waals surface area contributed by atoms with Crippen molar-refractivity contribution in [2.45, 2.75) is 39.3 Å². The van der Waals surface area contributed by atoms with Crippen molar-refractivity contribution < 1.29 is 0 Å². The summed E-state index contributed by atoms with van der Waals surface area (Å²) in [5, 5.41) is 7.31. The van der Waals surface area contributed by atoms with Crippen molar-refractivity contribution in [3.63, 3.8) is 0 Å². The van der Waals surface area contributed by atoms with Gasteiger partial charge in [0.2, 0.25) is 0 Å². The molecule has 0 aromatic carbocycles. The fourth-order valence-electron chi connectivity index (χ4n) is 1.55. The molecule has 1 rings (SSSR count). The van der Waals surface area contributed by atoms with E-state index in [2.05, 4.69) is 17.3 Å². The van der Waals surface area contributed by atoms with Crippen molar-refractivity contribution in [1.82, 2.24) is 15.1 Å². The standard InChI is InChI=1S/C11H19N3O/c1-4-5-10(12-3)8-14-11(15)6-9(2)7-13-14/h6-7,10,12H,4-5,8H2,1-3H3. The summed E-state index contributed by atoms with van der Waals surface area (Å²) in [4.78, 5) is 11.6. The van der Waals surface area contributed by atoms with Crippen molar-refractivity contribution in [3.8, 4) is 0 Å². The summed E-state index contributed by atoms with van der Waals surface area (Å²) in [7, 11) is 1.92. The summed E-state index contributed by atoms with van der Waals surface area (Å²) >= 11 is 0. The topological polar surface area (TPSA) is 46.9 Å². The Morgan fingerprint density at radius 1 is 1.60 bits per heavy atom. The van der Waals surface area contributed by atoms with E-state index in [1.165, 1.54) is 4.68 Å². The number of hydrogen-bond acceptors (Lipinski definition) is 3. The molecule has 0 radical (unpaired) electrons. The Morgan fingerprint density at radius 2 is 2.33 bits per heavy atom. The first-order valence-corrected chi connectivity index (χ1v) is 5.38. The maximum Gasteiger partial charge on any atom is 0.267 e. The molecule has 4 nitrogen and oxygen atoms in total. The van der Waals surface area contributed by atoms with Crippen molar-refractivity contribution in [1.29, 1.82) is 0 Å². The molecule has 0 aliphatic carbocycles. The molecule has 84 valence electrons. The summed E-state index contributed by atoms with van der Waals surface area (Å²) in [5.74, 6) is 0. The minimum absolute atomic E-state index is 0.0219. The van der Waals surface area contributed by atoms with Crippen molar-refractivity contribution >= 4 is 0 Å². The zero-order chi connectivity index (χ0) is 11.3. The Bertz CT molecular complexity index is 359. The van der Waals surface area contributed by atoms with Gasteiger partial charge in [0.25, 0.3) is 5.56 Å². The molecule has 1 heterocycles. The first-order valence-electron chi connectivity index (χ1n) is 5.38. The summed E-state index contributed by atoms with van der Waals surface area (Å²) in [5.41, 5.74) is 0.888. The molecule has 0 aliphatic rings. The number of aromatic nitrogens is 2. The van der Waals surface area contributed by atoms with Gasteiger partial charge in [0.1, 0.15) is 0 Å². The summed E-state index contributed by atoms with van der Waals surface area (Å²) in [6.45, 7) is 4.65. The summed E-state index contributed by atoms with van der Waals surface area (Å²) in [6.07, 6.45) is 3.88. The van der Waals surface area contributed by atoms with Crippen molar-refractivity contribution in [2.24, 2.45) is 0 Å². The van der Waals surface area contributed by atoms with E-state index in [1.807, 2.05) is 14.0 Å². The molecule has 1 aromatic heterocycles. The lowest BCUT2D eigenvalue weighted by Crippen LogP contribution is -2.35. The smallest absolute Gasteiger partial charge is 0.267 e. The Hall–Kier alpha value is -1.16. The molecule has 4 heteroatoms. The molecule has 0 saturated carbocycles. The van der Waals surface area contributed by atoms with Gasteiger partial charge in [-0.2, -0.15) is 5.10 Å². The fraction of sp³-hybridized carbons (Fsp3) is 0.636. The first kappa shape index (κ1) is 11.9. The molecule has 1 atom stereocenters. The number of nitrogens with one attached hydrogen (secondary N) is 1. The van der Waals surface area contributed by atoms with Gasteiger partial charge in [-0.15, -0.1) is 0 Å². The van der Waals surface area contributed by atoms with Crippen LogP contribution < -0.4 is 10.9 Å². The third kappa shape index (κ3) is 3.47. The lowest BCUT2D eigenvalue weighted by atomic mass is 10.2. The second kappa shape index (κ2) is 5.66. The molecule has 0 fully saturated rings. The van der Waals surface area contributed by atoms with Crippen LogP contribution in [0.4, 0.5) is 0 Å². The van der Waals surface area contributed by atoms with Gasteiger partial charge in [-0.25, -0.2) is 4.68 Å². The number of rotatable bonds is 5. The van der Waals surface area contributed by atoms with E-state index in [9.17, 15) is 4.79 Å². The quantitative estimate of drug-likeness (QED) is 0.785. The second-order valence-corrected chi connectivity index (χ2v) is 3.83. The lowest BCUT2D eigenvalue weighted by molar-refractivity contribution is 0.414. The number of aryl methyl sites for hydroxylation is 1. The van der Waals surface area contributed by atoms with Gasteiger partial charge in [-0.3, -0.25) is 4.79 Å². The molecule has 1 unspecified atom stereocenters. The average Bonchev–Trinajstić information content (AvgIpc) is 2.21. The van der Waals surface area contributed by atoms with Gasteiger partial charge in [-0.1, -0.05) is 13.3 Å². The molecule has 0 aliphatic heterocycles. The molecule has 0 spiro atoms. The highest BCUT2D eigenvalue weighted by Gasteiger charge is 2.07. The Balaban J connectivity index is 2.75. The van der Waals surface area contributed by atoms with Crippen LogP contribution in [-0.4, -0.2) is 22.9 Å². The molecular weight excluding hydrogens is 190 g/mol. The second-order valence-electron chi connectivity index (χ2n) is 3.83. The minimum Gasteiger partial charge on any atom is -0.315 e. The van der Waals surface area contributed by atoms with Crippen molar-refractivity contribution in [3.05, 3.63) is 28.2 Å². The van der Waals surface area contributed by atoms with E-state index < -0.39 is 0 Å². The van der Waals surface area contributed by atoms with Gasteiger partial charge in [0.15, 0.2) is 0 Å². The van der Waals surface area contributed by atoms with Crippen LogP contribution in [0, 0.1) is 6.92 Å². The highest BCUT2D eigenvalue weighted by Crippen LogP contribution is 1.98. The van der Waals surface area contributed by atoms with Gasteiger partial charge in [-0.05, 0) is 26.0 Å². The van der Waals surface area contributed by atoms with Crippen LogP contribution in [0.3, 0.4) is 0 Å². The van der Waals surface area contributed by atoms with Gasteiger partial charge in [0, 0.05) is 12.1 Å². The average molecular weight is 209 g/mol. The maximum atomic E-state index is 11.6. The Labute approximate surface area is 90.3 Å². The van der Waals surface area contributed by atoms with Crippen LogP contribution in [0.5, 0.6) is 0 Å². The zero-order valence-corrected chi connectivity index (χ0v) is 9.66. The van der Waals surface area contributed by atoms with Crippen LogP contribution in [0.2, 0.25) is 0 Å². The van der Waals surface area contributed by atoms with E-state index >= 15 is 0 Å². The van der Waals surface area contributed by atoms with Crippen LogP contribution in [0.25, 0.3) is 0 Å². The van der Waals surface area contributed by atoms with Crippen LogP contribution >= 0.6 is 0 Å². The van der Waals surface area contributed by atoms with E-state index in [0.29, 0.717) is 12.6 Å². The molecular formula is C11H19N3O. The van der Waals surface area contributed by atoms with Crippen molar-refractivity contribution in [2.75, 3.05) is 7.05 Å². The van der Waals surface area contributed by atoms with E-state index in [-0.39, 0.29) is 5.56 Å². The first-order chi connectivity index (χ1) is 7.17. The lowest BCUT2D eigenvalue weighted by Gasteiger charge is -2.15. The fourth-order valence-corrected chi connectivity index (χ4v) is 1.55. The Morgan fingerprint density at radius 3 is 2.87 bits per heavy atom. The largest absolute Gasteiger partial charge is 0.315 e. The summed E-state index contributed by atoms with van der Waals surface area (Å²) in [6, 6.07) is 1.94. The number of likely N-dealkylation sites (N-methyl/N-ethyl adjacent to an activating group) is 1. The van der Waals surface area contributed by atoms with Crippen LogP contribution in [0.15, 0.2) is 17.1 Å². The SMILES string of the molecule is CCCC(Cn1ncc(C)cc1=O)NC. The number of hydrogen-bond donors (Lipinski definition) is 1. The highest BCUT2D eigenvalue weighted by molar-refractivity contribution is 5.02. The third-order valence-electron chi connectivity index (χ3n) is 2.45. The van der Waals surface area contributed by atoms with Crippen LogP contribution in [-0.2, 0) is 6.54 Å². The third-order valence-corrected chi connectivity index (χ3v) is 2.45. The molecule has 0 saturated heterocycles. The predicted octanol–water partition coefficient (Wildman–Crippen LogP) is 0.940. The molecule has 15 heavy (non-hydrogen) atoms. The van der Waals surface area contributed by atoms with Gasteiger partial charge in [0.05, 0.1) is 12.7 Å². The minimum atomic E-state index is -0.0219. The van der Waals surface area contributed by atoms with Gasteiger partial charge >= 0.3 is 0 Å². The van der Waals surface area contributed by atoms with E-state index in [1.54, 1.807) is 12.3 Å². The van der Waals surface area contributed by atoms with E-state index in [0.717, 1.165) is 18.4 Å². The maximum absolute atomic E-state index is 11.6.